The van der Waals surface area contributed by atoms with Gasteiger partial charge in [-0.2, -0.15) is 5.26 Å². The molecule has 0 aliphatic carbocycles. The summed E-state index contributed by atoms with van der Waals surface area (Å²) in [5.74, 6) is -0.319. The maximum Gasteiger partial charge on any atom is 0.310 e. The third-order valence-corrected chi connectivity index (χ3v) is 3.65. The van der Waals surface area contributed by atoms with E-state index in [9.17, 15) is 4.79 Å². The quantitative estimate of drug-likeness (QED) is 0.586. The second-order valence-electron chi connectivity index (χ2n) is 2.76. The van der Waals surface area contributed by atoms with Crippen LogP contribution in [0.3, 0.4) is 0 Å². The molecule has 0 N–H and O–H groups in total. The monoisotopic (exact) mass is 379 g/mol. The molecule has 0 saturated heterocycles. The zero-order valence-electron chi connectivity index (χ0n) is 7.88. The molecule has 1 aromatic rings. The number of carbonyl (C=O) groups excluding carboxylic acids is 1. The lowest BCUT2D eigenvalue weighted by molar-refractivity contribution is -0.139. The van der Waals surface area contributed by atoms with Crippen molar-refractivity contribution in [3.05, 3.63) is 31.3 Å². The molecule has 0 aliphatic heterocycles. The highest BCUT2D eigenvalue weighted by molar-refractivity contribution is 14.1. The van der Waals surface area contributed by atoms with Gasteiger partial charge in [-0.25, -0.2) is 0 Å². The lowest BCUT2D eigenvalue weighted by Gasteiger charge is -2.06. The van der Waals surface area contributed by atoms with Crippen molar-refractivity contribution in [3.8, 4) is 6.07 Å². The minimum atomic E-state index is -0.319. The van der Waals surface area contributed by atoms with Crippen molar-refractivity contribution in [2.24, 2.45) is 0 Å². The summed E-state index contributed by atoms with van der Waals surface area (Å²) in [5.41, 5.74) is 1.32. The Hall–Kier alpha value is -0.610. The van der Waals surface area contributed by atoms with Crippen LogP contribution in [0.4, 0.5) is 0 Å². The zero-order valence-corrected chi connectivity index (χ0v) is 11.6. The van der Waals surface area contributed by atoms with Gasteiger partial charge in [-0.05, 0) is 50.2 Å². The molecule has 0 fully saturated rings. The SMILES string of the molecule is COC(=O)Cc1ccc(I)c(C#N)c1Br. The number of nitriles is 1. The van der Waals surface area contributed by atoms with Gasteiger partial charge in [0.25, 0.3) is 0 Å². The van der Waals surface area contributed by atoms with Gasteiger partial charge in [0.05, 0.1) is 19.1 Å². The molecule has 15 heavy (non-hydrogen) atoms. The van der Waals surface area contributed by atoms with E-state index < -0.39 is 0 Å². The van der Waals surface area contributed by atoms with Crippen LogP contribution < -0.4 is 0 Å². The number of ether oxygens (including phenoxy) is 1. The summed E-state index contributed by atoms with van der Waals surface area (Å²) in [4.78, 5) is 11.1. The van der Waals surface area contributed by atoms with Crippen molar-refractivity contribution in [2.75, 3.05) is 7.11 Å². The van der Waals surface area contributed by atoms with Crippen LogP contribution in [-0.2, 0) is 16.0 Å². The van der Waals surface area contributed by atoms with Gasteiger partial charge in [-0.1, -0.05) is 6.07 Å². The standard InChI is InChI=1S/C10H7BrINO2/c1-15-9(14)4-6-2-3-8(12)7(5-13)10(6)11/h2-3H,4H2,1H3. The highest BCUT2D eigenvalue weighted by atomic mass is 127. The summed E-state index contributed by atoms with van der Waals surface area (Å²) in [7, 11) is 1.34. The van der Waals surface area contributed by atoms with Gasteiger partial charge in [0.2, 0.25) is 0 Å². The molecule has 0 atom stereocenters. The third kappa shape index (κ3) is 2.92. The number of carbonyl (C=O) groups is 1. The number of hydrogen-bond acceptors (Lipinski definition) is 3. The van der Waals surface area contributed by atoms with Gasteiger partial charge < -0.3 is 4.74 Å². The first-order valence-corrected chi connectivity index (χ1v) is 5.91. The van der Waals surface area contributed by atoms with Crippen molar-refractivity contribution in [3.63, 3.8) is 0 Å². The summed E-state index contributed by atoms with van der Waals surface area (Å²) in [6.07, 6.45) is 0.169. The predicted molar refractivity (Wildman–Crippen MR) is 67.3 cm³/mol. The first-order valence-electron chi connectivity index (χ1n) is 4.04. The first-order chi connectivity index (χ1) is 7.10. The molecule has 0 bridgehead atoms. The highest BCUT2D eigenvalue weighted by Crippen LogP contribution is 2.26. The van der Waals surface area contributed by atoms with Crippen LogP contribution in [0, 0.1) is 14.9 Å². The first kappa shape index (κ1) is 12.5. The van der Waals surface area contributed by atoms with Crippen molar-refractivity contribution in [1.82, 2.24) is 0 Å². The van der Waals surface area contributed by atoms with Crippen LogP contribution in [0.1, 0.15) is 11.1 Å². The van der Waals surface area contributed by atoms with E-state index in [1.165, 1.54) is 7.11 Å². The molecule has 5 heteroatoms. The molecule has 78 valence electrons. The molecule has 1 aromatic carbocycles. The average molecular weight is 380 g/mol. The average Bonchev–Trinajstić information content (AvgIpc) is 2.23. The third-order valence-electron chi connectivity index (χ3n) is 1.85. The molecule has 3 nitrogen and oxygen atoms in total. The Labute approximate surface area is 110 Å². The maximum absolute atomic E-state index is 11.1. The summed E-state index contributed by atoms with van der Waals surface area (Å²) >= 11 is 5.39. The molecule has 1 rings (SSSR count). The minimum Gasteiger partial charge on any atom is -0.469 e. The molecule has 0 unspecified atom stereocenters. The Morgan fingerprint density at radius 1 is 1.67 bits per heavy atom. The minimum absolute atomic E-state index is 0.169. The molecule has 0 aromatic heterocycles. The second kappa shape index (κ2) is 5.47. The number of halogens is 2. The highest BCUT2D eigenvalue weighted by Gasteiger charge is 2.12. The number of benzene rings is 1. The van der Waals surface area contributed by atoms with Gasteiger partial charge in [0, 0.05) is 8.04 Å². The number of methoxy groups -OCH3 is 1. The van der Waals surface area contributed by atoms with E-state index in [-0.39, 0.29) is 12.4 Å². The molecule has 0 heterocycles. The van der Waals surface area contributed by atoms with Crippen LogP contribution in [0.5, 0.6) is 0 Å². The number of hydrogen-bond donors (Lipinski definition) is 0. The van der Waals surface area contributed by atoms with E-state index in [4.69, 9.17) is 5.26 Å². The molecule has 0 amide bonds. The Bertz CT molecular complexity index is 440. The Balaban J connectivity index is 3.12. The summed E-state index contributed by atoms with van der Waals surface area (Å²) in [6.45, 7) is 0. The predicted octanol–water partition coefficient (Wildman–Crippen LogP) is 2.64. The van der Waals surface area contributed by atoms with E-state index in [2.05, 4.69) is 49.3 Å². The summed E-state index contributed by atoms with van der Waals surface area (Å²) in [6, 6.07) is 5.71. The van der Waals surface area contributed by atoms with E-state index in [0.29, 0.717) is 10.0 Å². The van der Waals surface area contributed by atoms with Crippen molar-refractivity contribution >= 4 is 44.5 Å². The smallest absolute Gasteiger partial charge is 0.310 e. The van der Waals surface area contributed by atoms with Crippen LogP contribution >= 0.6 is 38.5 Å². The Kier molecular flexibility index (Phi) is 4.54. The molecule has 0 spiro atoms. The fourth-order valence-electron chi connectivity index (χ4n) is 1.06. The zero-order chi connectivity index (χ0) is 11.4. The topological polar surface area (TPSA) is 50.1 Å². The summed E-state index contributed by atoms with van der Waals surface area (Å²) < 4.78 is 6.09. The van der Waals surface area contributed by atoms with Gasteiger partial charge in [0.15, 0.2) is 0 Å². The normalized spacial score (nSPS) is 9.47. The summed E-state index contributed by atoms with van der Waals surface area (Å²) in [5, 5.41) is 8.91. The van der Waals surface area contributed by atoms with E-state index in [1.54, 1.807) is 0 Å². The van der Waals surface area contributed by atoms with Crippen LogP contribution in [0.2, 0.25) is 0 Å². The number of esters is 1. The van der Waals surface area contributed by atoms with E-state index in [1.807, 2.05) is 12.1 Å². The number of rotatable bonds is 2. The Morgan fingerprint density at radius 2 is 2.33 bits per heavy atom. The van der Waals surface area contributed by atoms with Crippen LogP contribution in [-0.4, -0.2) is 13.1 Å². The maximum atomic E-state index is 11.1. The van der Waals surface area contributed by atoms with Crippen LogP contribution in [0.25, 0.3) is 0 Å². The van der Waals surface area contributed by atoms with E-state index >= 15 is 0 Å². The van der Waals surface area contributed by atoms with Crippen molar-refractivity contribution < 1.29 is 9.53 Å². The van der Waals surface area contributed by atoms with E-state index in [0.717, 1.165) is 9.13 Å². The van der Waals surface area contributed by atoms with Gasteiger partial charge in [-0.3, -0.25) is 4.79 Å². The largest absolute Gasteiger partial charge is 0.469 e. The Morgan fingerprint density at radius 3 is 2.87 bits per heavy atom. The number of nitrogens with zero attached hydrogens (tertiary/aromatic N) is 1. The lowest BCUT2D eigenvalue weighted by Crippen LogP contribution is -2.05. The molecule has 0 radical (unpaired) electrons. The fourth-order valence-corrected chi connectivity index (χ4v) is 2.58. The van der Waals surface area contributed by atoms with Crippen molar-refractivity contribution in [2.45, 2.75) is 6.42 Å². The molecule has 0 aliphatic rings. The van der Waals surface area contributed by atoms with Crippen LogP contribution in [0.15, 0.2) is 16.6 Å². The van der Waals surface area contributed by atoms with Gasteiger partial charge in [0.1, 0.15) is 6.07 Å². The fraction of sp³-hybridized carbons (Fsp3) is 0.200. The van der Waals surface area contributed by atoms with Crippen molar-refractivity contribution in [1.29, 1.82) is 5.26 Å². The van der Waals surface area contributed by atoms with Gasteiger partial charge in [-0.15, -0.1) is 0 Å². The molecular formula is C10H7BrINO2. The molecule has 0 saturated carbocycles. The second-order valence-corrected chi connectivity index (χ2v) is 4.72. The molecular weight excluding hydrogens is 373 g/mol. The van der Waals surface area contributed by atoms with Gasteiger partial charge >= 0.3 is 5.97 Å². The lowest BCUT2D eigenvalue weighted by atomic mass is 10.1.